The Kier molecular flexibility index (Phi) is 3.74. The Hall–Kier alpha value is -3.87. The number of rotatable bonds is 4. The summed E-state index contributed by atoms with van der Waals surface area (Å²) in [4.78, 5) is 40.3. The number of anilines is 1. The van der Waals surface area contributed by atoms with Crippen LogP contribution in [0, 0.1) is 0 Å². The van der Waals surface area contributed by atoms with Crippen molar-refractivity contribution in [3.05, 3.63) is 83.4 Å². The van der Waals surface area contributed by atoms with Gasteiger partial charge < -0.3 is 10.7 Å². The maximum atomic E-state index is 12.5. The predicted octanol–water partition coefficient (Wildman–Crippen LogP) is 2.40. The van der Waals surface area contributed by atoms with Crippen LogP contribution in [-0.2, 0) is 0 Å². The fraction of sp³-hybridized carbons (Fsp3) is 0. The van der Waals surface area contributed by atoms with E-state index < -0.39 is 0 Å². The Morgan fingerprint density at radius 1 is 0.769 bits per heavy atom. The number of hydrogen-bond donors (Lipinski definition) is 2. The molecule has 0 fully saturated rings. The highest BCUT2D eigenvalue weighted by atomic mass is 16.1. The molecule has 0 radical (unpaired) electrons. The first kappa shape index (κ1) is 15.6. The van der Waals surface area contributed by atoms with Gasteiger partial charge in [-0.25, -0.2) is 15.0 Å². The monoisotopic (exact) mass is 343 g/mol. The van der Waals surface area contributed by atoms with E-state index in [1.807, 2.05) is 12.1 Å². The number of ketones is 2. The number of carbonyl (C=O) groups excluding carboxylic acids is 2. The number of aromatic amines is 1. The number of imidazole rings is 1. The average Bonchev–Trinajstić information content (AvgIpc) is 3.13. The first-order valence-electron chi connectivity index (χ1n) is 7.86. The molecule has 0 aliphatic carbocycles. The third kappa shape index (κ3) is 2.71. The van der Waals surface area contributed by atoms with Crippen LogP contribution < -0.4 is 5.73 Å². The van der Waals surface area contributed by atoms with Gasteiger partial charge in [-0.3, -0.25) is 9.59 Å². The number of fused-ring (bicyclic) bond motifs is 1. The topological polar surface area (TPSA) is 115 Å². The number of aromatic nitrogens is 4. The van der Waals surface area contributed by atoms with Crippen molar-refractivity contribution in [3.8, 4) is 0 Å². The van der Waals surface area contributed by atoms with E-state index >= 15 is 0 Å². The highest BCUT2D eigenvalue weighted by Crippen LogP contribution is 2.18. The van der Waals surface area contributed by atoms with E-state index in [0.29, 0.717) is 11.1 Å². The number of benzene rings is 2. The van der Waals surface area contributed by atoms with Crippen LogP contribution in [-0.4, -0.2) is 31.5 Å². The van der Waals surface area contributed by atoms with Crippen LogP contribution in [0.5, 0.6) is 0 Å². The molecule has 2 aromatic carbocycles. The van der Waals surface area contributed by atoms with Gasteiger partial charge in [0.25, 0.3) is 0 Å². The Bertz CT molecular complexity index is 1120. The first-order chi connectivity index (χ1) is 12.6. The molecule has 26 heavy (non-hydrogen) atoms. The molecule has 4 rings (SSSR count). The van der Waals surface area contributed by atoms with Gasteiger partial charge in [0.15, 0.2) is 22.8 Å². The van der Waals surface area contributed by atoms with Gasteiger partial charge in [0.05, 0.1) is 0 Å². The van der Waals surface area contributed by atoms with Crippen LogP contribution in [0.1, 0.15) is 32.4 Å². The zero-order valence-electron chi connectivity index (χ0n) is 13.5. The summed E-state index contributed by atoms with van der Waals surface area (Å²) in [6.07, 6.45) is 0. The molecule has 0 aliphatic heterocycles. The summed E-state index contributed by atoms with van der Waals surface area (Å²) in [5.74, 6) is -0.568. The van der Waals surface area contributed by atoms with Gasteiger partial charge in [-0.1, -0.05) is 60.7 Å². The Morgan fingerprint density at radius 2 is 1.35 bits per heavy atom. The molecule has 0 bridgehead atoms. The molecule has 0 spiro atoms. The molecule has 0 saturated heterocycles. The molecule has 0 aliphatic rings. The maximum absolute atomic E-state index is 12.5. The summed E-state index contributed by atoms with van der Waals surface area (Å²) in [5, 5.41) is 0. The van der Waals surface area contributed by atoms with Gasteiger partial charge in [-0.05, 0) is 0 Å². The lowest BCUT2D eigenvalue weighted by Gasteiger charge is -2.01. The lowest BCUT2D eigenvalue weighted by molar-refractivity contribution is 0.102. The van der Waals surface area contributed by atoms with Crippen molar-refractivity contribution in [2.24, 2.45) is 0 Å². The summed E-state index contributed by atoms with van der Waals surface area (Å²) in [5.41, 5.74) is 7.37. The van der Waals surface area contributed by atoms with Crippen molar-refractivity contribution < 1.29 is 9.59 Å². The summed E-state index contributed by atoms with van der Waals surface area (Å²) in [6, 6.07) is 17.4. The summed E-state index contributed by atoms with van der Waals surface area (Å²) in [6.45, 7) is 0. The molecular formula is C19H13N5O2. The Morgan fingerprint density at radius 3 is 1.96 bits per heavy atom. The molecule has 2 heterocycles. The predicted molar refractivity (Wildman–Crippen MR) is 95.8 cm³/mol. The molecular weight excluding hydrogens is 330 g/mol. The van der Waals surface area contributed by atoms with E-state index in [0.717, 1.165) is 0 Å². The number of hydrogen-bond acceptors (Lipinski definition) is 6. The third-order valence-electron chi connectivity index (χ3n) is 3.86. The lowest BCUT2D eigenvalue weighted by Crippen LogP contribution is -2.09. The molecule has 2 aromatic heterocycles. The zero-order chi connectivity index (χ0) is 18.1. The second-order valence-electron chi connectivity index (χ2n) is 5.61. The summed E-state index contributed by atoms with van der Waals surface area (Å²) in [7, 11) is 0. The standard InChI is InChI=1S/C19H13N5O2/c20-16-13-17(23-18(21-13)14(25)11-7-3-1-4-8-11)24-19(22-16)15(26)12-9-5-2-6-10-12/h1-10H,(H3,20,21,22,23,24). The van der Waals surface area contributed by atoms with Gasteiger partial charge in [0.2, 0.25) is 17.4 Å². The SMILES string of the molecule is Nc1nc(C(=O)c2ccccc2)nc2[nH]c(C(=O)c3ccccc3)nc12. The number of H-pyrrole nitrogens is 1. The minimum atomic E-state index is -0.357. The van der Waals surface area contributed by atoms with Crippen molar-refractivity contribution in [1.82, 2.24) is 19.9 Å². The molecule has 0 unspecified atom stereocenters. The van der Waals surface area contributed by atoms with Crippen molar-refractivity contribution >= 4 is 28.5 Å². The molecule has 7 nitrogen and oxygen atoms in total. The van der Waals surface area contributed by atoms with Crippen LogP contribution in [0.25, 0.3) is 11.2 Å². The molecule has 0 saturated carbocycles. The smallest absolute Gasteiger partial charge is 0.230 e. The van der Waals surface area contributed by atoms with Crippen molar-refractivity contribution in [3.63, 3.8) is 0 Å². The highest BCUT2D eigenvalue weighted by molar-refractivity contribution is 6.09. The van der Waals surface area contributed by atoms with Crippen molar-refractivity contribution in [2.45, 2.75) is 0 Å². The molecule has 3 N–H and O–H groups in total. The van der Waals surface area contributed by atoms with Gasteiger partial charge in [-0.15, -0.1) is 0 Å². The summed E-state index contributed by atoms with van der Waals surface area (Å²) < 4.78 is 0. The first-order valence-corrected chi connectivity index (χ1v) is 7.86. The highest BCUT2D eigenvalue weighted by Gasteiger charge is 2.20. The largest absolute Gasteiger partial charge is 0.382 e. The maximum Gasteiger partial charge on any atom is 0.230 e. The number of nitrogens with one attached hydrogen (secondary N) is 1. The molecule has 4 aromatic rings. The second kappa shape index (κ2) is 6.21. The van der Waals surface area contributed by atoms with Crippen LogP contribution in [0.4, 0.5) is 5.82 Å². The number of nitrogen functional groups attached to an aromatic ring is 1. The number of carbonyl (C=O) groups is 2. The van der Waals surface area contributed by atoms with Crippen molar-refractivity contribution in [2.75, 3.05) is 5.73 Å². The average molecular weight is 343 g/mol. The van der Waals surface area contributed by atoms with Gasteiger partial charge in [0, 0.05) is 11.1 Å². The Labute approximate surface area is 147 Å². The normalized spacial score (nSPS) is 10.8. The third-order valence-corrected chi connectivity index (χ3v) is 3.86. The number of nitrogens with zero attached hydrogens (tertiary/aromatic N) is 3. The molecule has 7 heteroatoms. The van der Waals surface area contributed by atoms with E-state index in [1.54, 1.807) is 48.5 Å². The minimum absolute atomic E-state index is 0.0395. The van der Waals surface area contributed by atoms with Gasteiger partial charge in [-0.2, -0.15) is 0 Å². The van der Waals surface area contributed by atoms with Gasteiger partial charge in [0.1, 0.15) is 0 Å². The van der Waals surface area contributed by atoms with E-state index in [-0.39, 0.29) is 40.2 Å². The molecule has 0 atom stereocenters. The van der Waals surface area contributed by atoms with E-state index in [1.165, 1.54) is 0 Å². The molecule has 126 valence electrons. The lowest BCUT2D eigenvalue weighted by atomic mass is 10.1. The van der Waals surface area contributed by atoms with E-state index in [9.17, 15) is 9.59 Å². The second-order valence-corrected chi connectivity index (χ2v) is 5.61. The fourth-order valence-electron chi connectivity index (χ4n) is 2.58. The molecule has 0 amide bonds. The quantitative estimate of drug-likeness (QED) is 0.550. The minimum Gasteiger partial charge on any atom is -0.382 e. The number of nitrogens with two attached hydrogens (primary N) is 1. The van der Waals surface area contributed by atoms with E-state index in [2.05, 4.69) is 19.9 Å². The fourth-order valence-corrected chi connectivity index (χ4v) is 2.58. The Balaban J connectivity index is 1.76. The van der Waals surface area contributed by atoms with Crippen LogP contribution >= 0.6 is 0 Å². The van der Waals surface area contributed by atoms with Crippen molar-refractivity contribution in [1.29, 1.82) is 0 Å². The van der Waals surface area contributed by atoms with Gasteiger partial charge >= 0.3 is 0 Å². The zero-order valence-corrected chi connectivity index (χ0v) is 13.5. The van der Waals surface area contributed by atoms with Crippen LogP contribution in [0.2, 0.25) is 0 Å². The van der Waals surface area contributed by atoms with Crippen LogP contribution in [0.3, 0.4) is 0 Å². The van der Waals surface area contributed by atoms with Crippen LogP contribution in [0.15, 0.2) is 60.7 Å². The summed E-state index contributed by atoms with van der Waals surface area (Å²) >= 11 is 0. The van der Waals surface area contributed by atoms with E-state index in [4.69, 9.17) is 5.73 Å².